The largest absolute Gasteiger partial charge is 0.481 e. The van der Waals surface area contributed by atoms with Crippen molar-refractivity contribution in [2.45, 2.75) is 13.5 Å². The Morgan fingerprint density at radius 1 is 1.36 bits per heavy atom. The van der Waals surface area contributed by atoms with Gasteiger partial charge in [-0.3, -0.25) is 9.78 Å². The number of aromatic nitrogens is 1. The molecule has 1 heterocycles. The number of benzene rings is 1. The quantitative estimate of drug-likeness (QED) is 0.833. The molecule has 0 saturated carbocycles. The van der Waals surface area contributed by atoms with E-state index in [0.29, 0.717) is 11.1 Å². The number of ether oxygens (including phenoxy) is 1. The number of carbonyl (C=O) groups excluding carboxylic acids is 1. The maximum Gasteiger partial charge on any atom is 0.387 e. The van der Waals surface area contributed by atoms with E-state index >= 15 is 0 Å². The Hall–Kier alpha value is -2.97. The molecule has 25 heavy (non-hydrogen) atoms. The van der Waals surface area contributed by atoms with Crippen LogP contribution >= 0.6 is 0 Å². The summed E-state index contributed by atoms with van der Waals surface area (Å²) < 4.78 is 29.4. The fourth-order valence-electron chi connectivity index (χ4n) is 2.23. The van der Waals surface area contributed by atoms with Gasteiger partial charge in [0, 0.05) is 25.2 Å². The molecule has 7 nitrogen and oxygen atoms in total. The van der Waals surface area contributed by atoms with Crippen LogP contribution in [0.3, 0.4) is 0 Å². The molecule has 1 aromatic carbocycles. The molecule has 1 unspecified atom stereocenters. The first-order valence-corrected chi connectivity index (χ1v) is 7.37. The molecule has 2 rings (SSSR count). The fourth-order valence-corrected chi connectivity index (χ4v) is 2.23. The van der Waals surface area contributed by atoms with Crippen LogP contribution in [0.1, 0.15) is 6.92 Å². The molecule has 0 aliphatic heterocycles. The van der Waals surface area contributed by atoms with Crippen molar-refractivity contribution in [2.75, 3.05) is 18.9 Å². The summed E-state index contributed by atoms with van der Waals surface area (Å²) in [5.41, 5.74) is 0.534. The molecule has 2 N–H and O–H groups in total. The first kappa shape index (κ1) is 18.4. The Morgan fingerprint density at radius 2 is 2.08 bits per heavy atom. The zero-order chi connectivity index (χ0) is 18.6. The second kappa shape index (κ2) is 7.73. The van der Waals surface area contributed by atoms with E-state index in [9.17, 15) is 18.4 Å². The first-order chi connectivity index (χ1) is 11.8. The Balaban J connectivity index is 2.24. The second-order valence-electron chi connectivity index (χ2n) is 5.44. The summed E-state index contributed by atoms with van der Waals surface area (Å²) in [6.45, 7) is -1.49. The fraction of sp³-hybridized carbons (Fsp3) is 0.312. The van der Waals surface area contributed by atoms with Crippen LogP contribution < -0.4 is 10.1 Å². The van der Waals surface area contributed by atoms with Gasteiger partial charge in [-0.1, -0.05) is 6.92 Å². The van der Waals surface area contributed by atoms with Gasteiger partial charge in [0.05, 0.1) is 11.6 Å². The minimum absolute atomic E-state index is 0.0178. The van der Waals surface area contributed by atoms with E-state index in [1.54, 1.807) is 12.1 Å². The number of urea groups is 1. The van der Waals surface area contributed by atoms with Crippen molar-refractivity contribution in [3.05, 3.63) is 30.5 Å². The minimum atomic E-state index is -2.99. The maximum atomic E-state index is 12.5. The second-order valence-corrected chi connectivity index (χ2v) is 5.44. The third-order valence-corrected chi connectivity index (χ3v) is 3.51. The van der Waals surface area contributed by atoms with Gasteiger partial charge in [0.2, 0.25) is 0 Å². The molecule has 1 aromatic heterocycles. The Kier molecular flexibility index (Phi) is 5.68. The van der Waals surface area contributed by atoms with Crippen LogP contribution in [-0.4, -0.2) is 47.2 Å². The molecule has 0 radical (unpaired) electrons. The summed E-state index contributed by atoms with van der Waals surface area (Å²) in [5, 5.41) is 11.9. The predicted octanol–water partition coefficient (Wildman–Crippen LogP) is 3.02. The van der Waals surface area contributed by atoms with Gasteiger partial charge in [0.15, 0.2) is 5.75 Å². The highest BCUT2D eigenvalue weighted by atomic mass is 19.3. The number of pyridine rings is 1. The van der Waals surface area contributed by atoms with Gasteiger partial charge in [-0.2, -0.15) is 8.78 Å². The lowest BCUT2D eigenvalue weighted by molar-refractivity contribution is -0.141. The molecule has 134 valence electrons. The summed E-state index contributed by atoms with van der Waals surface area (Å²) >= 11 is 0. The van der Waals surface area contributed by atoms with Crippen LogP contribution in [-0.2, 0) is 4.79 Å². The van der Waals surface area contributed by atoms with E-state index in [2.05, 4.69) is 15.0 Å². The topological polar surface area (TPSA) is 91.8 Å². The molecule has 0 aliphatic carbocycles. The van der Waals surface area contributed by atoms with Crippen LogP contribution in [0.2, 0.25) is 0 Å². The van der Waals surface area contributed by atoms with E-state index in [4.69, 9.17) is 5.11 Å². The van der Waals surface area contributed by atoms with Crippen molar-refractivity contribution in [2.24, 2.45) is 5.92 Å². The Morgan fingerprint density at radius 3 is 2.72 bits per heavy atom. The maximum absolute atomic E-state index is 12.5. The normalized spacial score (nSPS) is 12.0. The van der Waals surface area contributed by atoms with Gasteiger partial charge < -0.3 is 20.1 Å². The summed E-state index contributed by atoms with van der Waals surface area (Å²) in [6, 6.07) is 5.39. The van der Waals surface area contributed by atoms with Crippen molar-refractivity contribution in [3.8, 4) is 5.75 Å². The van der Waals surface area contributed by atoms with Crippen LogP contribution in [0.5, 0.6) is 5.75 Å². The van der Waals surface area contributed by atoms with Crippen molar-refractivity contribution in [1.82, 2.24) is 9.88 Å². The molecule has 0 fully saturated rings. The number of hydrogen-bond donors (Lipinski definition) is 2. The number of nitrogens with zero attached hydrogens (tertiary/aromatic N) is 2. The lowest BCUT2D eigenvalue weighted by Gasteiger charge is -2.20. The minimum Gasteiger partial charge on any atom is -0.481 e. The van der Waals surface area contributed by atoms with E-state index in [1.165, 1.54) is 37.2 Å². The molecular formula is C16H17F2N3O4. The lowest BCUT2D eigenvalue weighted by atomic mass is 10.1. The van der Waals surface area contributed by atoms with Crippen LogP contribution in [0.4, 0.5) is 19.3 Å². The van der Waals surface area contributed by atoms with E-state index in [1.807, 2.05) is 0 Å². The van der Waals surface area contributed by atoms with Gasteiger partial charge in [-0.25, -0.2) is 4.79 Å². The molecule has 0 aliphatic rings. The lowest BCUT2D eigenvalue weighted by Crippen LogP contribution is -2.36. The average Bonchev–Trinajstić information content (AvgIpc) is 2.56. The SMILES string of the molecule is CC(CN(C)C(=O)Nc1ccc(OC(F)F)c2ncccc12)C(=O)O. The molecule has 9 heteroatoms. The van der Waals surface area contributed by atoms with Crippen molar-refractivity contribution < 1.29 is 28.2 Å². The number of fused-ring (bicyclic) bond motifs is 1. The highest BCUT2D eigenvalue weighted by Crippen LogP contribution is 2.31. The standard InChI is InChI=1S/C16H17F2N3O4/c1-9(14(22)23)8-21(2)16(24)20-11-5-6-12(25-15(17)18)13-10(11)4-3-7-19-13/h3-7,9,15H,8H2,1-2H3,(H,20,24)(H,22,23). The van der Waals surface area contributed by atoms with E-state index in [-0.39, 0.29) is 17.8 Å². The van der Waals surface area contributed by atoms with E-state index in [0.717, 1.165) is 0 Å². The molecule has 2 amide bonds. The number of aliphatic carboxylic acids is 1. The Bertz CT molecular complexity index is 785. The number of hydrogen-bond acceptors (Lipinski definition) is 4. The van der Waals surface area contributed by atoms with Crippen molar-refractivity contribution in [1.29, 1.82) is 0 Å². The number of alkyl halides is 2. The van der Waals surface area contributed by atoms with Crippen molar-refractivity contribution >= 4 is 28.6 Å². The zero-order valence-electron chi connectivity index (χ0n) is 13.6. The molecule has 0 saturated heterocycles. The van der Waals surface area contributed by atoms with Crippen LogP contribution in [0.15, 0.2) is 30.5 Å². The monoisotopic (exact) mass is 353 g/mol. The van der Waals surface area contributed by atoms with Gasteiger partial charge in [-0.15, -0.1) is 0 Å². The first-order valence-electron chi connectivity index (χ1n) is 7.37. The predicted molar refractivity (Wildman–Crippen MR) is 86.8 cm³/mol. The number of carbonyl (C=O) groups is 2. The smallest absolute Gasteiger partial charge is 0.387 e. The summed E-state index contributed by atoms with van der Waals surface area (Å²) in [7, 11) is 1.46. The number of amides is 2. The molecule has 0 spiro atoms. The number of rotatable bonds is 6. The third-order valence-electron chi connectivity index (χ3n) is 3.51. The summed E-state index contributed by atoms with van der Waals surface area (Å²) in [6.07, 6.45) is 1.42. The molecular weight excluding hydrogens is 336 g/mol. The molecule has 1 atom stereocenters. The number of nitrogens with one attached hydrogen (secondary N) is 1. The highest BCUT2D eigenvalue weighted by Gasteiger charge is 2.19. The number of halogens is 2. The van der Waals surface area contributed by atoms with Gasteiger partial charge in [0.1, 0.15) is 5.52 Å². The zero-order valence-corrected chi connectivity index (χ0v) is 13.6. The Labute approximate surface area is 142 Å². The highest BCUT2D eigenvalue weighted by molar-refractivity contribution is 6.02. The summed E-state index contributed by atoms with van der Waals surface area (Å²) in [5.74, 6) is -1.84. The number of carboxylic acid groups (broad SMARTS) is 1. The third kappa shape index (κ3) is 4.52. The van der Waals surface area contributed by atoms with Crippen molar-refractivity contribution in [3.63, 3.8) is 0 Å². The van der Waals surface area contributed by atoms with Crippen LogP contribution in [0.25, 0.3) is 10.9 Å². The molecule has 0 bridgehead atoms. The summed E-state index contributed by atoms with van der Waals surface area (Å²) in [4.78, 5) is 28.3. The van der Waals surface area contributed by atoms with Gasteiger partial charge in [0.25, 0.3) is 0 Å². The number of carboxylic acids is 1. The number of anilines is 1. The van der Waals surface area contributed by atoms with E-state index < -0.39 is 24.5 Å². The van der Waals surface area contributed by atoms with Gasteiger partial charge >= 0.3 is 18.6 Å². The average molecular weight is 353 g/mol. The van der Waals surface area contributed by atoms with Gasteiger partial charge in [-0.05, 0) is 24.3 Å². The van der Waals surface area contributed by atoms with Crippen LogP contribution in [0, 0.1) is 5.92 Å². The molecule has 2 aromatic rings.